The Hall–Kier alpha value is -4.20. The Morgan fingerprint density at radius 2 is 1.52 bits per heavy atom. The molecule has 0 saturated carbocycles. The number of ether oxygens (including phenoxy) is 3. The predicted octanol–water partition coefficient (Wildman–Crippen LogP) is 1.15. The summed E-state index contributed by atoms with van der Waals surface area (Å²) in [7, 11) is 2.56. The van der Waals surface area contributed by atoms with Crippen LogP contribution in [-0.4, -0.2) is 79.3 Å². The highest BCUT2D eigenvalue weighted by molar-refractivity contribution is 5.84. The molecule has 0 bridgehead atoms. The van der Waals surface area contributed by atoms with E-state index in [0.717, 1.165) is 24.8 Å². The number of hydrogen-bond donors (Lipinski definition) is 5. The number of carboxylic acid groups (broad SMARTS) is 1. The Labute approximate surface area is 245 Å². The summed E-state index contributed by atoms with van der Waals surface area (Å²) in [5.41, 5.74) is 4.84. The fraction of sp³-hybridized carbons (Fsp3) is 0.571. The number of rotatable bonds is 11. The molecule has 0 radical (unpaired) electrons. The topological polar surface area (TPSA) is 212 Å². The van der Waals surface area contributed by atoms with Gasteiger partial charge in [0.15, 0.2) is 0 Å². The molecule has 2 atom stereocenters. The Morgan fingerprint density at radius 3 is 2.02 bits per heavy atom. The smallest absolute Gasteiger partial charge is 0.407 e. The molecular formula is C28H42N4O10. The van der Waals surface area contributed by atoms with E-state index in [2.05, 4.69) is 32.3 Å². The van der Waals surface area contributed by atoms with Gasteiger partial charge in [0.2, 0.25) is 11.8 Å². The van der Waals surface area contributed by atoms with Crippen LogP contribution in [0.25, 0.3) is 0 Å². The zero-order chi connectivity index (χ0) is 31.6. The van der Waals surface area contributed by atoms with Gasteiger partial charge in [0.05, 0.1) is 44.6 Å². The molecule has 0 aliphatic carbocycles. The number of benzene rings is 1. The standard InChI is InChI=1S/C15H18N2O5.C7H12N2O3.C6H12O2/c1-21-13(19)8-15(7-12(18)16-10-15)17-14(20)22-9-11-5-3-2-4-6-11;1-12-6(11)3-7(8)2-5(10)9-4-7;1-2-3-4-5-6(7)8/h2-6H,7-10H2,1H3,(H,16,18)(H,17,20);2-4,8H2,1H3,(H,9,10);2-5H2,1H3,(H,7,8). The lowest BCUT2D eigenvalue weighted by molar-refractivity contribution is -0.143. The van der Waals surface area contributed by atoms with Crippen molar-refractivity contribution in [1.29, 1.82) is 0 Å². The summed E-state index contributed by atoms with van der Waals surface area (Å²) >= 11 is 0. The van der Waals surface area contributed by atoms with E-state index in [1.165, 1.54) is 14.2 Å². The van der Waals surface area contributed by atoms with Gasteiger partial charge in [-0.2, -0.15) is 0 Å². The molecule has 14 heteroatoms. The third-order valence-electron chi connectivity index (χ3n) is 6.28. The fourth-order valence-corrected chi connectivity index (χ4v) is 4.01. The third kappa shape index (κ3) is 14.4. The quantitative estimate of drug-likeness (QED) is 0.139. The molecule has 42 heavy (non-hydrogen) atoms. The number of amides is 3. The first-order valence-corrected chi connectivity index (χ1v) is 13.5. The van der Waals surface area contributed by atoms with E-state index in [1.54, 1.807) is 0 Å². The summed E-state index contributed by atoms with van der Waals surface area (Å²) < 4.78 is 14.2. The number of methoxy groups -OCH3 is 2. The number of alkyl carbamates (subject to hydrolysis) is 1. The van der Waals surface area contributed by atoms with Crippen molar-refractivity contribution in [3.8, 4) is 0 Å². The molecule has 2 heterocycles. The average molecular weight is 595 g/mol. The molecule has 0 spiro atoms. The maximum Gasteiger partial charge on any atom is 0.407 e. The molecule has 2 unspecified atom stereocenters. The summed E-state index contributed by atoms with van der Waals surface area (Å²) in [6, 6.07) is 9.21. The van der Waals surface area contributed by atoms with Crippen molar-refractivity contribution in [2.45, 2.75) is 76.0 Å². The first kappa shape index (κ1) is 35.8. The van der Waals surface area contributed by atoms with Crippen LogP contribution in [0.3, 0.4) is 0 Å². The van der Waals surface area contributed by atoms with Gasteiger partial charge < -0.3 is 41.0 Å². The number of carboxylic acids is 1. The normalized spacial score (nSPS) is 20.4. The Kier molecular flexibility index (Phi) is 15.6. The minimum absolute atomic E-state index is 0.0164. The van der Waals surface area contributed by atoms with Gasteiger partial charge in [0, 0.05) is 25.9 Å². The molecule has 2 aliphatic heterocycles. The highest BCUT2D eigenvalue weighted by Gasteiger charge is 2.42. The number of nitrogens with two attached hydrogens (primary N) is 1. The van der Waals surface area contributed by atoms with Gasteiger partial charge in [-0.25, -0.2) is 4.79 Å². The third-order valence-corrected chi connectivity index (χ3v) is 6.28. The van der Waals surface area contributed by atoms with Gasteiger partial charge in [0.1, 0.15) is 6.61 Å². The highest BCUT2D eigenvalue weighted by atomic mass is 16.5. The van der Waals surface area contributed by atoms with Crippen LogP contribution in [0.15, 0.2) is 30.3 Å². The lowest BCUT2D eigenvalue weighted by Crippen LogP contribution is -2.51. The molecule has 2 aliphatic rings. The first-order valence-electron chi connectivity index (χ1n) is 13.5. The summed E-state index contributed by atoms with van der Waals surface area (Å²) in [5, 5.41) is 15.9. The number of unbranched alkanes of at least 4 members (excludes halogenated alkanes) is 2. The second kappa shape index (κ2) is 18.3. The van der Waals surface area contributed by atoms with Crippen LogP contribution in [0.1, 0.15) is 63.9 Å². The van der Waals surface area contributed by atoms with Crippen molar-refractivity contribution in [1.82, 2.24) is 16.0 Å². The monoisotopic (exact) mass is 594 g/mol. The van der Waals surface area contributed by atoms with Crippen LogP contribution in [0.5, 0.6) is 0 Å². The lowest BCUT2D eigenvalue weighted by atomic mass is 9.94. The van der Waals surface area contributed by atoms with Gasteiger partial charge in [-0.1, -0.05) is 50.1 Å². The molecule has 14 nitrogen and oxygen atoms in total. The minimum Gasteiger partial charge on any atom is -0.481 e. The van der Waals surface area contributed by atoms with E-state index in [9.17, 15) is 28.8 Å². The lowest BCUT2D eigenvalue weighted by Gasteiger charge is -2.26. The number of carbonyl (C=O) groups excluding carboxylic acids is 5. The van der Waals surface area contributed by atoms with E-state index >= 15 is 0 Å². The van der Waals surface area contributed by atoms with Gasteiger partial charge >= 0.3 is 24.0 Å². The second-order valence-corrected chi connectivity index (χ2v) is 10.1. The molecule has 234 valence electrons. The zero-order valence-electron chi connectivity index (χ0n) is 24.4. The van der Waals surface area contributed by atoms with E-state index in [1.807, 2.05) is 30.3 Å². The van der Waals surface area contributed by atoms with Crippen LogP contribution < -0.4 is 21.7 Å². The molecule has 0 aromatic heterocycles. The Morgan fingerprint density at radius 1 is 0.929 bits per heavy atom. The SMILES string of the molecule is CCCCCC(=O)O.COC(=O)CC1(N)CNC(=O)C1.COC(=O)CC1(NC(=O)OCc2ccccc2)CNC(=O)C1. The summed E-state index contributed by atoms with van der Waals surface area (Å²) in [6.45, 7) is 2.69. The molecule has 3 rings (SSSR count). The zero-order valence-corrected chi connectivity index (χ0v) is 24.4. The van der Waals surface area contributed by atoms with Crippen LogP contribution >= 0.6 is 0 Å². The number of aliphatic carboxylic acids is 1. The van der Waals surface area contributed by atoms with Crippen LogP contribution in [0.2, 0.25) is 0 Å². The molecule has 2 saturated heterocycles. The van der Waals surface area contributed by atoms with Crippen LogP contribution in [0.4, 0.5) is 4.79 Å². The Balaban J connectivity index is 0.000000369. The molecule has 2 fully saturated rings. The second-order valence-electron chi connectivity index (χ2n) is 10.1. The van der Waals surface area contributed by atoms with E-state index in [-0.39, 0.29) is 56.6 Å². The predicted molar refractivity (Wildman–Crippen MR) is 150 cm³/mol. The fourth-order valence-electron chi connectivity index (χ4n) is 4.01. The van der Waals surface area contributed by atoms with E-state index < -0.39 is 29.1 Å². The van der Waals surface area contributed by atoms with Crippen molar-refractivity contribution in [3.63, 3.8) is 0 Å². The maximum atomic E-state index is 11.9. The van der Waals surface area contributed by atoms with Crippen molar-refractivity contribution in [2.75, 3.05) is 27.3 Å². The Bertz CT molecular complexity index is 1070. The summed E-state index contributed by atoms with van der Waals surface area (Å²) in [4.78, 5) is 66.3. The molecule has 6 N–H and O–H groups in total. The van der Waals surface area contributed by atoms with E-state index in [4.69, 9.17) is 15.6 Å². The summed E-state index contributed by atoms with van der Waals surface area (Å²) in [6.07, 6.45) is 2.80. The number of hydrogen-bond acceptors (Lipinski definition) is 10. The van der Waals surface area contributed by atoms with Crippen molar-refractivity contribution in [2.24, 2.45) is 5.73 Å². The maximum absolute atomic E-state index is 11.9. The van der Waals surface area contributed by atoms with Crippen LogP contribution in [0, 0.1) is 0 Å². The molecular weight excluding hydrogens is 552 g/mol. The van der Waals surface area contributed by atoms with Gasteiger partial charge in [-0.05, 0) is 12.0 Å². The summed E-state index contributed by atoms with van der Waals surface area (Å²) in [5.74, 6) is -1.90. The van der Waals surface area contributed by atoms with Gasteiger partial charge in [0.25, 0.3) is 0 Å². The van der Waals surface area contributed by atoms with Crippen molar-refractivity contribution >= 4 is 35.8 Å². The first-order chi connectivity index (χ1) is 19.9. The number of carbonyl (C=O) groups is 6. The average Bonchev–Trinajstić information content (AvgIpc) is 3.48. The van der Waals surface area contributed by atoms with Crippen molar-refractivity contribution < 1.29 is 48.1 Å². The number of nitrogens with one attached hydrogen (secondary N) is 3. The van der Waals surface area contributed by atoms with Gasteiger partial charge in [-0.15, -0.1) is 0 Å². The van der Waals surface area contributed by atoms with Gasteiger partial charge in [-0.3, -0.25) is 24.0 Å². The van der Waals surface area contributed by atoms with E-state index in [0.29, 0.717) is 13.0 Å². The molecule has 3 amide bonds. The highest BCUT2D eigenvalue weighted by Crippen LogP contribution is 2.21. The number of esters is 2. The van der Waals surface area contributed by atoms with Crippen molar-refractivity contribution in [3.05, 3.63) is 35.9 Å². The molecule has 1 aromatic rings. The molecule has 1 aromatic carbocycles. The van der Waals surface area contributed by atoms with Crippen LogP contribution in [-0.2, 0) is 44.8 Å². The minimum atomic E-state index is -1.00. The largest absolute Gasteiger partial charge is 0.481 e.